The van der Waals surface area contributed by atoms with E-state index in [1.165, 1.54) is 23.8 Å². The quantitative estimate of drug-likeness (QED) is 0.655. The maximum Gasteiger partial charge on any atom is 0.221 e. The van der Waals surface area contributed by atoms with E-state index in [0.717, 1.165) is 39.1 Å². The number of nitrogens with zero attached hydrogens (tertiary/aromatic N) is 1. The predicted molar refractivity (Wildman–Crippen MR) is 108 cm³/mol. The van der Waals surface area contributed by atoms with E-state index < -0.39 is 0 Å². The zero-order chi connectivity index (χ0) is 18.7. The summed E-state index contributed by atoms with van der Waals surface area (Å²) in [5.74, 6) is 0.751. The molecule has 0 saturated carbocycles. The topological polar surface area (TPSA) is 63.2 Å². The molecule has 3 rings (SSSR count). The number of hydrogen-bond acceptors (Lipinski definition) is 5. The molecule has 6 heteroatoms. The summed E-state index contributed by atoms with van der Waals surface area (Å²) in [6, 6.07) is 11.7. The van der Waals surface area contributed by atoms with Gasteiger partial charge in [-0.3, -0.25) is 4.79 Å². The molecule has 0 unspecified atom stereocenters. The minimum Gasteiger partial charge on any atom is -0.496 e. The summed E-state index contributed by atoms with van der Waals surface area (Å²) in [7, 11) is 1.68. The fourth-order valence-corrected chi connectivity index (χ4v) is 3.60. The summed E-state index contributed by atoms with van der Waals surface area (Å²) in [5.41, 5.74) is 5.73. The van der Waals surface area contributed by atoms with Crippen LogP contribution in [0.25, 0.3) is 11.3 Å². The van der Waals surface area contributed by atoms with Gasteiger partial charge in [0.15, 0.2) is 5.13 Å². The van der Waals surface area contributed by atoms with E-state index in [2.05, 4.69) is 29.7 Å². The number of ether oxygens (including phenoxy) is 1. The van der Waals surface area contributed by atoms with Crippen molar-refractivity contribution in [2.24, 2.45) is 0 Å². The largest absolute Gasteiger partial charge is 0.496 e. The van der Waals surface area contributed by atoms with E-state index in [0.29, 0.717) is 0 Å². The molecule has 26 heavy (non-hydrogen) atoms. The highest BCUT2D eigenvalue weighted by atomic mass is 32.1. The average molecular weight is 367 g/mol. The molecule has 134 valence electrons. The van der Waals surface area contributed by atoms with Crippen LogP contribution in [0.15, 0.2) is 41.8 Å². The van der Waals surface area contributed by atoms with Crippen LogP contribution < -0.4 is 15.4 Å². The molecule has 0 aliphatic rings. The zero-order valence-corrected chi connectivity index (χ0v) is 16.0. The highest BCUT2D eigenvalue weighted by Crippen LogP contribution is 2.36. The number of carbonyl (C=O) groups is 1. The fourth-order valence-electron chi connectivity index (χ4n) is 2.87. The Morgan fingerprint density at radius 1 is 1.15 bits per heavy atom. The lowest BCUT2D eigenvalue weighted by atomic mass is 10.0. The van der Waals surface area contributed by atoms with Gasteiger partial charge in [-0.2, -0.15) is 0 Å². The number of nitrogens with one attached hydrogen (secondary N) is 2. The Bertz CT molecular complexity index is 950. The Balaban J connectivity index is 1.86. The number of amides is 1. The van der Waals surface area contributed by atoms with Gasteiger partial charge in [-0.05, 0) is 49.2 Å². The monoisotopic (exact) mass is 367 g/mol. The van der Waals surface area contributed by atoms with Crippen molar-refractivity contribution in [3.63, 3.8) is 0 Å². The summed E-state index contributed by atoms with van der Waals surface area (Å²) in [4.78, 5) is 15.9. The molecule has 2 aromatic carbocycles. The van der Waals surface area contributed by atoms with Crippen LogP contribution in [-0.2, 0) is 4.79 Å². The molecule has 1 heterocycles. The molecule has 0 bridgehead atoms. The Kier molecular flexibility index (Phi) is 5.23. The van der Waals surface area contributed by atoms with E-state index in [-0.39, 0.29) is 5.91 Å². The molecule has 0 spiro atoms. The summed E-state index contributed by atoms with van der Waals surface area (Å²) in [5, 5.41) is 8.86. The van der Waals surface area contributed by atoms with Crippen LogP contribution in [0.5, 0.6) is 5.75 Å². The van der Waals surface area contributed by atoms with Crippen LogP contribution in [0, 0.1) is 13.8 Å². The molecular formula is C20H21N3O2S. The third-order valence-electron chi connectivity index (χ3n) is 3.84. The third-order valence-corrected chi connectivity index (χ3v) is 4.60. The molecule has 0 atom stereocenters. The second-order valence-electron chi connectivity index (χ2n) is 6.09. The van der Waals surface area contributed by atoms with E-state index in [4.69, 9.17) is 9.72 Å². The highest BCUT2D eigenvalue weighted by Gasteiger charge is 2.13. The maximum absolute atomic E-state index is 11.2. The number of aryl methyl sites for hydroxylation is 2. The molecule has 0 aliphatic heterocycles. The minimum atomic E-state index is -0.0967. The van der Waals surface area contributed by atoms with Gasteiger partial charge in [0.25, 0.3) is 0 Å². The van der Waals surface area contributed by atoms with Gasteiger partial charge in [0.1, 0.15) is 5.75 Å². The van der Waals surface area contributed by atoms with Crippen molar-refractivity contribution in [2.75, 3.05) is 17.7 Å². The molecular weight excluding hydrogens is 346 g/mol. The van der Waals surface area contributed by atoms with Gasteiger partial charge < -0.3 is 15.4 Å². The van der Waals surface area contributed by atoms with Crippen LogP contribution in [-0.4, -0.2) is 18.0 Å². The first-order valence-electron chi connectivity index (χ1n) is 8.22. The normalized spacial score (nSPS) is 10.5. The number of anilines is 3. The SMILES string of the molecule is COc1c(C)cc(C)cc1-c1csc(Nc2cccc(NC(C)=O)c2)n1. The number of rotatable bonds is 5. The number of benzene rings is 2. The highest BCUT2D eigenvalue weighted by molar-refractivity contribution is 7.14. The van der Waals surface area contributed by atoms with Crippen molar-refractivity contribution in [3.05, 3.63) is 52.9 Å². The first kappa shape index (κ1) is 17.9. The van der Waals surface area contributed by atoms with E-state index in [1.807, 2.05) is 36.6 Å². The van der Waals surface area contributed by atoms with Crippen molar-refractivity contribution >= 4 is 33.8 Å². The Hall–Kier alpha value is -2.86. The predicted octanol–water partition coefficient (Wildman–Crippen LogP) is 5.14. The third kappa shape index (κ3) is 4.03. The molecule has 0 fully saturated rings. The number of thiazole rings is 1. The molecule has 0 aliphatic carbocycles. The standard InChI is InChI=1S/C20H21N3O2S/c1-12-8-13(2)19(25-4)17(9-12)18-11-26-20(23-18)22-16-7-5-6-15(10-16)21-14(3)24/h5-11H,1-4H3,(H,21,24)(H,22,23). The number of carbonyl (C=O) groups excluding carboxylic acids is 1. The first-order chi connectivity index (χ1) is 12.5. The van der Waals surface area contributed by atoms with Gasteiger partial charge in [0.2, 0.25) is 5.91 Å². The van der Waals surface area contributed by atoms with Crippen molar-refractivity contribution in [1.82, 2.24) is 4.98 Å². The molecule has 1 aromatic heterocycles. The molecule has 5 nitrogen and oxygen atoms in total. The number of hydrogen-bond donors (Lipinski definition) is 2. The molecule has 3 aromatic rings. The maximum atomic E-state index is 11.2. The van der Waals surface area contributed by atoms with Crippen LogP contribution in [0.3, 0.4) is 0 Å². The number of methoxy groups -OCH3 is 1. The van der Waals surface area contributed by atoms with Crippen molar-refractivity contribution in [2.45, 2.75) is 20.8 Å². The van der Waals surface area contributed by atoms with Crippen molar-refractivity contribution in [3.8, 4) is 17.0 Å². The summed E-state index contributed by atoms with van der Waals surface area (Å²) >= 11 is 1.52. The summed E-state index contributed by atoms with van der Waals surface area (Å²) in [6.45, 7) is 5.59. The van der Waals surface area contributed by atoms with Crippen LogP contribution in [0.2, 0.25) is 0 Å². The Morgan fingerprint density at radius 2 is 1.92 bits per heavy atom. The van der Waals surface area contributed by atoms with Crippen molar-refractivity contribution in [1.29, 1.82) is 0 Å². The van der Waals surface area contributed by atoms with Gasteiger partial charge in [-0.25, -0.2) is 4.98 Å². The minimum absolute atomic E-state index is 0.0967. The van der Waals surface area contributed by atoms with Gasteiger partial charge in [-0.15, -0.1) is 11.3 Å². The summed E-state index contributed by atoms with van der Waals surface area (Å²) < 4.78 is 5.57. The lowest BCUT2D eigenvalue weighted by molar-refractivity contribution is -0.114. The van der Waals surface area contributed by atoms with Gasteiger partial charge >= 0.3 is 0 Å². The second-order valence-corrected chi connectivity index (χ2v) is 6.95. The van der Waals surface area contributed by atoms with Crippen LogP contribution in [0.4, 0.5) is 16.5 Å². The smallest absolute Gasteiger partial charge is 0.221 e. The fraction of sp³-hybridized carbons (Fsp3) is 0.200. The molecule has 0 saturated heterocycles. The van der Waals surface area contributed by atoms with Gasteiger partial charge in [0.05, 0.1) is 12.8 Å². The van der Waals surface area contributed by atoms with Gasteiger partial charge in [0, 0.05) is 29.2 Å². The lowest BCUT2D eigenvalue weighted by Crippen LogP contribution is -2.05. The van der Waals surface area contributed by atoms with Crippen molar-refractivity contribution < 1.29 is 9.53 Å². The van der Waals surface area contributed by atoms with E-state index >= 15 is 0 Å². The Labute approximate surface area is 157 Å². The van der Waals surface area contributed by atoms with Crippen LogP contribution in [0.1, 0.15) is 18.1 Å². The Morgan fingerprint density at radius 3 is 2.65 bits per heavy atom. The van der Waals surface area contributed by atoms with Crippen LogP contribution >= 0.6 is 11.3 Å². The van der Waals surface area contributed by atoms with E-state index in [9.17, 15) is 4.79 Å². The molecule has 0 radical (unpaired) electrons. The number of aromatic nitrogens is 1. The lowest BCUT2D eigenvalue weighted by Gasteiger charge is -2.11. The average Bonchev–Trinajstić information content (AvgIpc) is 3.02. The zero-order valence-electron chi connectivity index (χ0n) is 15.2. The summed E-state index contributed by atoms with van der Waals surface area (Å²) in [6.07, 6.45) is 0. The second kappa shape index (κ2) is 7.58. The molecule has 1 amide bonds. The van der Waals surface area contributed by atoms with E-state index in [1.54, 1.807) is 7.11 Å². The van der Waals surface area contributed by atoms with Gasteiger partial charge in [-0.1, -0.05) is 12.1 Å². The first-order valence-corrected chi connectivity index (χ1v) is 9.10. The molecule has 2 N–H and O–H groups in total.